The summed E-state index contributed by atoms with van der Waals surface area (Å²) in [6, 6.07) is 8.63. The number of fused-ring (bicyclic) bond motifs is 1. The molecular formula is C11H11N3S. The van der Waals surface area contributed by atoms with Crippen molar-refractivity contribution in [3.63, 3.8) is 0 Å². The highest BCUT2D eigenvalue weighted by Gasteiger charge is 2.24. The molecule has 76 valence electrons. The van der Waals surface area contributed by atoms with Gasteiger partial charge in [0.15, 0.2) is 0 Å². The molecule has 1 aliphatic carbocycles. The fourth-order valence-corrected chi connectivity index (χ4v) is 2.44. The molecule has 0 bridgehead atoms. The summed E-state index contributed by atoms with van der Waals surface area (Å²) in [5.41, 5.74) is 2.97. The molecule has 0 amide bonds. The van der Waals surface area contributed by atoms with Crippen LogP contribution in [0.2, 0.25) is 0 Å². The second kappa shape index (κ2) is 3.62. The van der Waals surface area contributed by atoms with Gasteiger partial charge in [0.2, 0.25) is 5.13 Å². The molecule has 0 spiro atoms. The Bertz CT molecular complexity index is 453. The van der Waals surface area contributed by atoms with Crippen LogP contribution in [0.25, 0.3) is 0 Å². The Labute approximate surface area is 92.3 Å². The Morgan fingerprint density at radius 3 is 3.13 bits per heavy atom. The third-order valence-corrected chi connectivity index (χ3v) is 3.44. The van der Waals surface area contributed by atoms with E-state index in [-0.39, 0.29) is 0 Å². The summed E-state index contributed by atoms with van der Waals surface area (Å²) >= 11 is 1.41. The number of benzene rings is 1. The molecule has 1 heterocycles. The van der Waals surface area contributed by atoms with Crippen LogP contribution < -0.4 is 5.32 Å². The van der Waals surface area contributed by atoms with Crippen LogP contribution in [0.1, 0.15) is 17.0 Å². The largest absolute Gasteiger partial charge is 0.360 e. The van der Waals surface area contributed by atoms with E-state index in [1.165, 1.54) is 29.1 Å². The Balaban J connectivity index is 1.64. The fourth-order valence-electron chi connectivity index (χ4n) is 2.01. The van der Waals surface area contributed by atoms with Gasteiger partial charge in [-0.25, -0.2) is 4.98 Å². The van der Waals surface area contributed by atoms with Gasteiger partial charge >= 0.3 is 0 Å². The molecule has 0 saturated carbocycles. The molecule has 1 aliphatic rings. The van der Waals surface area contributed by atoms with Gasteiger partial charge in [-0.3, -0.25) is 0 Å². The number of rotatable bonds is 3. The van der Waals surface area contributed by atoms with E-state index in [2.05, 4.69) is 38.9 Å². The summed E-state index contributed by atoms with van der Waals surface area (Å²) < 4.78 is 3.96. The maximum atomic E-state index is 4.10. The summed E-state index contributed by atoms with van der Waals surface area (Å²) in [5.74, 6) is 0.644. The van der Waals surface area contributed by atoms with Crippen LogP contribution >= 0.6 is 11.5 Å². The van der Waals surface area contributed by atoms with E-state index >= 15 is 0 Å². The molecule has 1 atom stereocenters. The zero-order chi connectivity index (χ0) is 10.1. The van der Waals surface area contributed by atoms with Crippen LogP contribution in [-0.2, 0) is 6.42 Å². The molecule has 4 heteroatoms. The molecule has 3 nitrogen and oxygen atoms in total. The third kappa shape index (κ3) is 1.61. The number of aromatic nitrogens is 2. The number of nitrogens with zero attached hydrogens (tertiary/aromatic N) is 2. The lowest BCUT2D eigenvalue weighted by Crippen LogP contribution is -2.24. The first-order chi connectivity index (χ1) is 7.43. The average Bonchev–Trinajstić information content (AvgIpc) is 2.72. The SMILES string of the molecule is c1ccc2c(c1)CC2CNc1ncns1. The van der Waals surface area contributed by atoms with Gasteiger partial charge in [0.1, 0.15) is 6.33 Å². The van der Waals surface area contributed by atoms with Gasteiger partial charge < -0.3 is 5.32 Å². The molecule has 2 aromatic rings. The second-order valence-corrected chi connectivity index (χ2v) is 4.51. The van der Waals surface area contributed by atoms with Gasteiger partial charge in [0.05, 0.1) is 0 Å². The van der Waals surface area contributed by atoms with Crippen LogP contribution in [0, 0.1) is 0 Å². The van der Waals surface area contributed by atoms with Crippen LogP contribution in [0.5, 0.6) is 0 Å². The summed E-state index contributed by atoms with van der Waals surface area (Å²) in [7, 11) is 0. The molecule has 1 aromatic heterocycles. The zero-order valence-corrected chi connectivity index (χ0v) is 9.00. The standard InChI is InChI=1S/C11H11N3S/c1-2-4-10-8(3-1)5-9(10)6-12-11-13-7-14-15-11/h1-4,7,9H,5-6H2,(H,12,13,14). The van der Waals surface area contributed by atoms with Crippen molar-refractivity contribution in [2.45, 2.75) is 12.3 Å². The second-order valence-electron chi connectivity index (χ2n) is 3.73. The molecule has 0 aliphatic heterocycles. The maximum absolute atomic E-state index is 4.10. The first kappa shape index (κ1) is 8.85. The average molecular weight is 217 g/mol. The minimum absolute atomic E-state index is 0.644. The highest BCUT2D eigenvalue weighted by Crippen LogP contribution is 2.34. The lowest BCUT2D eigenvalue weighted by molar-refractivity contribution is 0.635. The number of hydrogen-bond acceptors (Lipinski definition) is 4. The Morgan fingerprint density at radius 1 is 1.40 bits per heavy atom. The number of anilines is 1. The molecule has 0 radical (unpaired) electrons. The third-order valence-electron chi connectivity index (χ3n) is 2.82. The molecule has 1 unspecified atom stereocenters. The number of nitrogens with one attached hydrogen (secondary N) is 1. The molecule has 1 N–H and O–H groups in total. The van der Waals surface area contributed by atoms with Crippen LogP contribution in [0.15, 0.2) is 30.6 Å². The first-order valence-corrected chi connectivity index (χ1v) is 5.79. The van der Waals surface area contributed by atoms with E-state index in [0.717, 1.165) is 11.7 Å². The molecule has 0 saturated heterocycles. The van der Waals surface area contributed by atoms with Gasteiger partial charge in [0, 0.05) is 24.0 Å². The molecule has 1 aromatic carbocycles. The van der Waals surface area contributed by atoms with Crippen LogP contribution in [-0.4, -0.2) is 15.9 Å². The predicted molar refractivity (Wildman–Crippen MR) is 61.3 cm³/mol. The lowest BCUT2D eigenvalue weighted by Gasteiger charge is -2.29. The summed E-state index contributed by atoms with van der Waals surface area (Å²) in [6.45, 7) is 0.964. The summed E-state index contributed by atoms with van der Waals surface area (Å²) in [4.78, 5) is 4.10. The monoisotopic (exact) mass is 217 g/mol. The van der Waals surface area contributed by atoms with Crippen molar-refractivity contribution >= 4 is 16.7 Å². The normalized spacial score (nSPS) is 18.0. The molecular weight excluding hydrogens is 206 g/mol. The van der Waals surface area contributed by atoms with Gasteiger partial charge in [-0.15, -0.1) is 0 Å². The van der Waals surface area contributed by atoms with Crippen molar-refractivity contribution < 1.29 is 0 Å². The smallest absolute Gasteiger partial charge is 0.202 e. The van der Waals surface area contributed by atoms with Gasteiger partial charge in [-0.05, 0) is 17.5 Å². The Kier molecular flexibility index (Phi) is 2.14. The summed E-state index contributed by atoms with van der Waals surface area (Å²) in [6.07, 6.45) is 2.77. The van der Waals surface area contributed by atoms with Crippen molar-refractivity contribution in [2.75, 3.05) is 11.9 Å². The van der Waals surface area contributed by atoms with Crippen molar-refractivity contribution in [1.29, 1.82) is 0 Å². The van der Waals surface area contributed by atoms with Gasteiger partial charge in [-0.1, -0.05) is 24.3 Å². The quantitative estimate of drug-likeness (QED) is 0.857. The topological polar surface area (TPSA) is 37.8 Å². The summed E-state index contributed by atoms with van der Waals surface area (Å²) in [5, 5.41) is 4.23. The highest BCUT2D eigenvalue weighted by atomic mass is 32.1. The van der Waals surface area contributed by atoms with E-state index in [0.29, 0.717) is 5.92 Å². The van der Waals surface area contributed by atoms with Crippen LogP contribution in [0.4, 0.5) is 5.13 Å². The van der Waals surface area contributed by atoms with Gasteiger partial charge in [-0.2, -0.15) is 4.37 Å². The van der Waals surface area contributed by atoms with Crippen molar-refractivity contribution in [3.8, 4) is 0 Å². The first-order valence-electron chi connectivity index (χ1n) is 5.02. The molecule has 3 rings (SSSR count). The highest BCUT2D eigenvalue weighted by molar-refractivity contribution is 7.09. The van der Waals surface area contributed by atoms with E-state index in [1.807, 2.05) is 0 Å². The van der Waals surface area contributed by atoms with E-state index in [9.17, 15) is 0 Å². The van der Waals surface area contributed by atoms with E-state index in [1.54, 1.807) is 6.33 Å². The lowest BCUT2D eigenvalue weighted by atomic mass is 9.78. The van der Waals surface area contributed by atoms with Crippen molar-refractivity contribution in [2.24, 2.45) is 0 Å². The minimum Gasteiger partial charge on any atom is -0.360 e. The Hall–Kier alpha value is -1.42. The van der Waals surface area contributed by atoms with Gasteiger partial charge in [0.25, 0.3) is 0 Å². The fraction of sp³-hybridized carbons (Fsp3) is 0.273. The van der Waals surface area contributed by atoms with E-state index < -0.39 is 0 Å². The van der Waals surface area contributed by atoms with E-state index in [4.69, 9.17) is 0 Å². The van der Waals surface area contributed by atoms with Crippen molar-refractivity contribution in [1.82, 2.24) is 9.36 Å². The molecule has 0 fully saturated rings. The Morgan fingerprint density at radius 2 is 2.33 bits per heavy atom. The number of hydrogen-bond donors (Lipinski definition) is 1. The van der Waals surface area contributed by atoms with Crippen molar-refractivity contribution in [3.05, 3.63) is 41.7 Å². The minimum atomic E-state index is 0.644. The predicted octanol–water partition coefficient (Wildman–Crippen LogP) is 2.29. The van der Waals surface area contributed by atoms with Crippen LogP contribution in [0.3, 0.4) is 0 Å². The molecule has 15 heavy (non-hydrogen) atoms. The zero-order valence-electron chi connectivity index (χ0n) is 8.18. The maximum Gasteiger partial charge on any atom is 0.202 e.